The Balaban J connectivity index is 1.56. The predicted octanol–water partition coefficient (Wildman–Crippen LogP) is 3.97. The van der Waals surface area contributed by atoms with Gasteiger partial charge in [-0.2, -0.15) is 0 Å². The molecular weight excluding hydrogens is 342 g/mol. The molecule has 2 aromatic carbocycles. The molecule has 1 amide bonds. The molecule has 2 aromatic heterocycles. The second-order valence-corrected chi connectivity index (χ2v) is 5.87. The Labute approximate surface area is 154 Å². The van der Waals surface area contributed by atoms with E-state index >= 15 is 0 Å². The van der Waals surface area contributed by atoms with Gasteiger partial charge < -0.3 is 15.0 Å². The average molecular weight is 357 g/mol. The summed E-state index contributed by atoms with van der Waals surface area (Å²) in [6, 6.07) is 19.3. The molecule has 0 fully saturated rings. The second-order valence-electron chi connectivity index (χ2n) is 5.87. The molecule has 0 saturated heterocycles. The van der Waals surface area contributed by atoms with Gasteiger partial charge in [-0.1, -0.05) is 24.3 Å². The molecule has 6 nitrogen and oxygen atoms in total. The Kier molecular flexibility index (Phi) is 4.37. The Morgan fingerprint density at radius 1 is 0.926 bits per heavy atom. The number of aromatic amines is 1. The van der Waals surface area contributed by atoms with Crippen molar-refractivity contribution in [1.82, 2.24) is 9.97 Å². The van der Waals surface area contributed by atoms with E-state index in [1.165, 1.54) is 0 Å². The number of hydrogen-bond donors (Lipinski definition) is 2. The molecule has 4 aromatic rings. The van der Waals surface area contributed by atoms with E-state index < -0.39 is 5.91 Å². The molecule has 0 aliphatic rings. The van der Waals surface area contributed by atoms with Gasteiger partial charge in [0, 0.05) is 29.5 Å². The summed E-state index contributed by atoms with van der Waals surface area (Å²) < 4.78 is 5.73. The van der Waals surface area contributed by atoms with E-state index in [-0.39, 0.29) is 11.3 Å². The maximum atomic E-state index is 12.5. The summed E-state index contributed by atoms with van der Waals surface area (Å²) in [4.78, 5) is 31.3. The number of carbonyl (C=O) groups excluding carboxylic acids is 1. The Morgan fingerprint density at radius 2 is 1.74 bits per heavy atom. The van der Waals surface area contributed by atoms with Gasteiger partial charge in [-0.05, 0) is 41.8 Å². The standard InChI is InChI=1S/C21H15N3O3/c25-20-18-7-2-1-4-14(18)12-19(24-20)21(26)23-15-5-3-6-17(13-15)27-16-8-10-22-11-9-16/h1-13H,(H,23,26)(H,24,25). The maximum absolute atomic E-state index is 12.5. The molecule has 0 bridgehead atoms. The van der Waals surface area contributed by atoms with Crippen LogP contribution in [-0.2, 0) is 0 Å². The van der Waals surface area contributed by atoms with Gasteiger partial charge in [-0.25, -0.2) is 0 Å². The first-order chi connectivity index (χ1) is 13.2. The molecule has 0 unspecified atom stereocenters. The number of ether oxygens (including phenoxy) is 1. The Hall–Kier alpha value is -3.93. The quantitative estimate of drug-likeness (QED) is 0.579. The van der Waals surface area contributed by atoms with Crippen LogP contribution in [0.3, 0.4) is 0 Å². The fourth-order valence-corrected chi connectivity index (χ4v) is 2.71. The molecule has 6 heteroatoms. The highest BCUT2D eigenvalue weighted by atomic mass is 16.5. The van der Waals surface area contributed by atoms with Crippen LogP contribution >= 0.6 is 0 Å². The third-order valence-corrected chi connectivity index (χ3v) is 3.98. The molecule has 4 rings (SSSR count). The number of rotatable bonds is 4. The lowest BCUT2D eigenvalue weighted by atomic mass is 10.1. The van der Waals surface area contributed by atoms with Crippen LogP contribution in [0.5, 0.6) is 11.5 Å². The first-order valence-electron chi connectivity index (χ1n) is 8.30. The van der Waals surface area contributed by atoms with Gasteiger partial charge >= 0.3 is 0 Å². The van der Waals surface area contributed by atoms with E-state index in [4.69, 9.17) is 4.74 Å². The number of anilines is 1. The summed E-state index contributed by atoms with van der Waals surface area (Å²) >= 11 is 0. The molecule has 0 aliphatic heterocycles. The van der Waals surface area contributed by atoms with Crippen LogP contribution in [0, 0.1) is 0 Å². The van der Waals surface area contributed by atoms with Gasteiger partial charge in [0.25, 0.3) is 11.5 Å². The number of benzene rings is 2. The molecular formula is C21H15N3O3. The maximum Gasteiger partial charge on any atom is 0.272 e. The number of hydrogen-bond acceptors (Lipinski definition) is 4. The number of nitrogens with one attached hydrogen (secondary N) is 2. The molecule has 0 saturated carbocycles. The average Bonchev–Trinajstić information content (AvgIpc) is 2.69. The van der Waals surface area contributed by atoms with Gasteiger partial charge in [0.15, 0.2) is 0 Å². The molecule has 0 atom stereocenters. The molecule has 0 radical (unpaired) electrons. The lowest BCUT2D eigenvalue weighted by Gasteiger charge is -2.09. The number of amides is 1. The minimum absolute atomic E-state index is 0.194. The minimum atomic E-state index is -0.404. The number of carbonyl (C=O) groups is 1. The summed E-state index contributed by atoms with van der Waals surface area (Å²) in [5.74, 6) is 0.817. The normalized spacial score (nSPS) is 10.5. The van der Waals surface area contributed by atoms with E-state index in [0.29, 0.717) is 28.0 Å². The highest BCUT2D eigenvalue weighted by Crippen LogP contribution is 2.23. The van der Waals surface area contributed by atoms with Gasteiger partial charge in [0.2, 0.25) is 0 Å². The second kappa shape index (κ2) is 7.13. The summed E-state index contributed by atoms with van der Waals surface area (Å²) in [5.41, 5.74) is 0.452. The number of nitrogens with zero attached hydrogens (tertiary/aromatic N) is 1. The zero-order valence-corrected chi connectivity index (χ0v) is 14.2. The molecule has 2 heterocycles. The third kappa shape index (κ3) is 3.69. The monoisotopic (exact) mass is 357 g/mol. The topological polar surface area (TPSA) is 84.1 Å². The number of H-pyrrole nitrogens is 1. The first kappa shape index (κ1) is 16.5. The molecule has 0 aliphatic carbocycles. The van der Waals surface area contributed by atoms with Crippen molar-refractivity contribution in [3.05, 3.63) is 95.2 Å². The van der Waals surface area contributed by atoms with Crippen LogP contribution in [0.4, 0.5) is 5.69 Å². The van der Waals surface area contributed by atoms with E-state index in [9.17, 15) is 9.59 Å². The Bertz CT molecular complexity index is 1170. The number of fused-ring (bicyclic) bond motifs is 1. The van der Waals surface area contributed by atoms with Crippen LogP contribution in [0.2, 0.25) is 0 Å². The summed E-state index contributed by atoms with van der Waals surface area (Å²) in [6.45, 7) is 0. The van der Waals surface area contributed by atoms with Gasteiger partial charge in [-0.15, -0.1) is 0 Å². The zero-order chi connectivity index (χ0) is 18.6. The van der Waals surface area contributed by atoms with E-state index in [0.717, 1.165) is 0 Å². The fraction of sp³-hybridized carbons (Fsp3) is 0. The van der Waals surface area contributed by atoms with Gasteiger partial charge in [0.05, 0.1) is 0 Å². The molecule has 0 spiro atoms. The van der Waals surface area contributed by atoms with Crippen molar-refractivity contribution in [2.24, 2.45) is 0 Å². The van der Waals surface area contributed by atoms with Crippen molar-refractivity contribution < 1.29 is 9.53 Å². The lowest BCUT2D eigenvalue weighted by Crippen LogP contribution is -2.18. The number of aromatic nitrogens is 2. The van der Waals surface area contributed by atoms with Crippen molar-refractivity contribution in [3.8, 4) is 11.5 Å². The first-order valence-corrected chi connectivity index (χ1v) is 8.30. The molecule has 132 valence electrons. The van der Waals surface area contributed by atoms with Crippen LogP contribution in [0.1, 0.15) is 10.5 Å². The molecule has 2 N–H and O–H groups in total. The van der Waals surface area contributed by atoms with Crippen molar-refractivity contribution in [2.75, 3.05) is 5.32 Å². The van der Waals surface area contributed by atoms with Crippen molar-refractivity contribution in [2.45, 2.75) is 0 Å². The van der Waals surface area contributed by atoms with Crippen LogP contribution in [0.15, 0.2) is 83.9 Å². The van der Waals surface area contributed by atoms with Crippen LogP contribution in [0.25, 0.3) is 10.8 Å². The summed E-state index contributed by atoms with van der Waals surface area (Å²) in [5, 5.41) is 4.03. The SMILES string of the molecule is O=C(Nc1cccc(Oc2ccncc2)c1)c1cc2ccccc2c(=O)[nH]1. The summed E-state index contributed by atoms with van der Waals surface area (Å²) in [7, 11) is 0. The van der Waals surface area contributed by atoms with E-state index in [1.54, 1.807) is 73.1 Å². The number of pyridine rings is 2. The third-order valence-electron chi connectivity index (χ3n) is 3.98. The van der Waals surface area contributed by atoms with Crippen LogP contribution < -0.4 is 15.6 Å². The van der Waals surface area contributed by atoms with E-state index in [1.807, 2.05) is 6.07 Å². The largest absolute Gasteiger partial charge is 0.457 e. The van der Waals surface area contributed by atoms with Crippen LogP contribution in [-0.4, -0.2) is 15.9 Å². The van der Waals surface area contributed by atoms with Gasteiger partial charge in [-0.3, -0.25) is 14.6 Å². The highest BCUT2D eigenvalue weighted by molar-refractivity contribution is 6.04. The molecule has 27 heavy (non-hydrogen) atoms. The van der Waals surface area contributed by atoms with Crippen molar-refractivity contribution in [3.63, 3.8) is 0 Å². The zero-order valence-electron chi connectivity index (χ0n) is 14.2. The van der Waals surface area contributed by atoms with Crippen molar-refractivity contribution in [1.29, 1.82) is 0 Å². The van der Waals surface area contributed by atoms with E-state index in [2.05, 4.69) is 15.3 Å². The Morgan fingerprint density at radius 3 is 2.59 bits per heavy atom. The lowest BCUT2D eigenvalue weighted by molar-refractivity contribution is 0.102. The smallest absolute Gasteiger partial charge is 0.272 e. The van der Waals surface area contributed by atoms with Crippen molar-refractivity contribution >= 4 is 22.4 Å². The fourth-order valence-electron chi connectivity index (χ4n) is 2.71. The highest BCUT2D eigenvalue weighted by Gasteiger charge is 2.10. The summed E-state index contributed by atoms with van der Waals surface area (Å²) in [6.07, 6.45) is 3.27. The predicted molar refractivity (Wildman–Crippen MR) is 103 cm³/mol. The van der Waals surface area contributed by atoms with Gasteiger partial charge in [0.1, 0.15) is 17.2 Å². The minimum Gasteiger partial charge on any atom is -0.457 e.